The molecular formula is C10H9N2O2S. The van der Waals surface area contributed by atoms with Crippen LogP contribution in [0.3, 0.4) is 0 Å². The number of sulfone groups is 1. The van der Waals surface area contributed by atoms with E-state index in [1.807, 2.05) is 6.07 Å². The predicted molar refractivity (Wildman–Crippen MR) is 57.8 cm³/mol. The zero-order valence-electron chi connectivity index (χ0n) is 7.87. The molecule has 1 aliphatic rings. The summed E-state index contributed by atoms with van der Waals surface area (Å²) in [7, 11) is -3.39. The maximum Gasteiger partial charge on any atom is 0.247 e. The lowest BCUT2D eigenvalue weighted by atomic mass is 10.2. The molecule has 0 saturated heterocycles. The van der Waals surface area contributed by atoms with E-state index in [9.17, 15) is 8.42 Å². The van der Waals surface area contributed by atoms with Crippen molar-refractivity contribution in [2.75, 3.05) is 0 Å². The molecule has 0 amide bonds. The largest absolute Gasteiger partial charge is 0.247 e. The lowest BCUT2D eigenvalue weighted by Gasteiger charge is -2.02. The van der Waals surface area contributed by atoms with E-state index in [2.05, 4.69) is 10.3 Å². The standard InChI is InChI=1S/C10H9N2O2S/c13-15(14,10-11-6-7-12-10)8-9-4-2-1-3-5-9/h1-7H,8H2. The van der Waals surface area contributed by atoms with E-state index in [4.69, 9.17) is 0 Å². The fourth-order valence-electron chi connectivity index (χ4n) is 1.25. The third kappa shape index (κ3) is 2.24. The van der Waals surface area contributed by atoms with Gasteiger partial charge in [0.05, 0.1) is 5.75 Å². The van der Waals surface area contributed by atoms with Gasteiger partial charge in [-0.1, -0.05) is 30.3 Å². The quantitative estimate of drug-likeness (QED) is 0.749. The van der Waals surface area contributed by atoms with E-state index < -0.39 is 9.84 Å². The van der Waals surface area contributed by atoms with Crippen molar-refractivity contribution in [2.45, 2.75) is 5.75 Å². The van der Waals surface area contributed by atoms with Crippen molar-refractivity contribution in [3.8, 4) is 0 Å². The number of rotatable bonds is 2. The highest BCUT2D eigenvalue weighted by Crippen LogP contribution is 2.09. The monoisotopic (exact) mass is 221 g/mol. The minimum absolute atomic E-state index is 0.0577. The molecule has 1 aromatic carbocycles. The van der Waals surface area contributed by atoms with Crippen LogP contribution < -0.4 is 5.32 Å². The van der Waals surface area contributed by atoms with E-state index in [0.29, 0.717) is 0 Å². The Kier molecular flexibility index (Phi) is 2.55. The number of nitrogens with zero attached hydrogens (tertiary/aromatic N) is 2. The Morgan fingerprint density at radius 3 is 2.40 bits per heavy atom. The van der Waals surface area contributed by atoms with Crippen LogP contribution in [-0.4, -0.2) is 13.6 Å². The first kappa shape index (κ1) is 9.92. The van der Waals surface area contributed by atoms with Crippen LogP contribution in [0.5, 0.6) is 0 Å². The van der Waals surface area contributed by atoms with E-state index in [-0.39, 0.29) is 10.9 Å². The van der Waals surface area contributed by atoms with E-state index in [0.717, 1.165) is 5.56 Å². The number of benzene rings is 1. The van der Waals surface area contributed by atoms with Crippen molar-refractivity contribution in [3.63, 3.8) is 0 Å². The van der Waals surface area contributed by atoms with Crippen LogP contribution in [0.4, 0.5) is 0 Å². The summed E-state index contributed by atoms with van der Waals surface area (Å²) in [5.41, 5.74) is 0.738. The zero-order chi connectivity index (χ0) is 10.7. The Balaban J connectivity index is 2.19. The van der Waals surface area contributed by atoms with Gasteiger partial charge in [0.15, 0.2) is 0 Å². The van der Waals surface area contributed by atoms with Crippen molar-refractivity contribution in [1.82, 2.24) is 5.32 Å². The Hall–Kier alpha value is -1.62. The summed E-state index contributed by atoms with van der Waals surface area (Å²) in [5, 5.41) is 3.58. The van der Waals surface area contributed by atoms with Gasteiger partial charge in [-0.15, -0.1) is 0 Å². The van der Waals surface area contributed by atoms with Gasteiger partial charge < -0.3 is 0 Å². The van der Waals surface area contributed by atoms with Crippen LogP contribution in [-0.2, 0) is 15.6 Å². The molecule has 0 fully saturated rings. The first-order chi connectivity index (χ1) is 7.18. The third-order valence-corrected chi connectivity index (χ3v) is 3.39. The highest BCUT2D eigenvalue weighted by molar-refractivity contribution is 8.05. The van der Waals surface area contributed by atoms with Gasteiger partial charge in [-0.2, -0.15) is 0 Å². The molecule has 1 aliphatic heterocycles. The molecule has 1 aromatic rings. The molecule has 0 unspecified atom stereocenters. The van der Waals surface area contributed by atoms with Crippen LogP contribution >= 0.6 is 0 Å². The average Bonchev–Trinajstić information content (AvgIpc) is 2.71. The minimum atomic E-state index is -3.39. The highest BCUT2D eigenvalue weighted by atomic mass is 32.2. The molecule has 5 heteroatoms. The fourth-order valence-corrected chi connectivity index (χ4v) is 2.45. The first-order valence-electron chi connectivity index (χ1n) is 4.39. The van der Waals surface area contributed by atoms with Crippen molar-refractivity contribution < 1.29 is 8.42 Å². The van der Waals surface area contributed by atoms with Gasteiger partial charge in [0.1, 0.15) is 0 Å². The van der Waals surface area contributed by atoms with Gasteiger partial charge in [-0.05, 0) is 5.56 Å². The predicted octanol–water partition coefficient (Wildman–Crippen LogP) is 1.05. The van der Waals surface area contributed by atoms with E-state index in [1.54, 1.807) is 24.3 Å². The molecule has 0 bridgehead atoms. The summed E-state index contributed by atoms with van der Waals surface area (Å²) in [6, 6.07) is 8.98. The molecular weight excluding hydrogens is 212 g/mol. The van der Waals surface area contributed by atoms with Gasteiger partial charge in [0, 0.05) is 12.4 Å². The smallest absolute Gasteiger partial charge is 0.225 e. The van der Waals surface area contributed by atoms with Crippen molar-refractivity contribution in [3.05, 3.63) is 48.3 Å². The Morgan fingerprint density at radius 2 is 1.80 bits per heavy atom. The van der Waals surface area contributed by atoms with Crippen LogP contribution in [0.15, 0.2) is 47.7 Å². The average molecular weight is 221 g/mol. The second-order valence-corrected chi connectivity index (χ2v) is 4.97. The van der Waals surface area contributed by atoms with Gasteiger partial charge in [-0.25, -0.2) is 18.7 Å². The van der Waals surface area contributed by atoms with Gasteiger partial charge >= 0.3 is 0 Å². The molecule has 15 heavy (non-hydrogen) atoms. The fraction of sp³-hybridized carbons (Fsp3) is 0.100. The number of amidine groups is 1. The molecule has 2 rings (SSSR count). The molecule has 0 aromatic heterocycles. The van der Waals surface area contributed by atoms with E-state index in [1.165, 1.54) is 12.4 Å². The van der Waals surface area contributed by atoms with Crippen LogP contribution in [0, 0.1) is 0 Å². The second-order valence-electron chi connectivity index (χ2n) is 3.08. The summed E-state index contributed by atoms with van der Waals surface area (Å²) in [4.78, 5) is 3.69. The maximum absolute atomic E-state index is 11.7. The normalized spacial score (nSPS) is 14.8. The van der Waals surface area contributed by atoms with Crippen LogP contribution in [0.2, 0.25) is 0 Å². The van der Waals surface area contributed by atoms with Gasteiger partial charge in [0.25, 0.3) is 0 Å². The molecule has 0 aliphatic carbocycles. The minimum Gasteiger partial charge on any atom is -0.225 e. The van der Waals surface area contributed by atoms with Gasteiger partial charge in [0.2, 0.25) is 15.0 Å². The summed E-state index contributed by atoms with van der Waals surface area (Å²) >= 11 is 0. The molecule has 4 nitrogen and oxygen atoms in total. The highest BCUT2D eigenvalue weighted by Gasteiger charge is 2.22. The zero-order valence-corrected chi connectivity index (χ0v) is 8.68. The molecule has 0 N–H and O–H groups in total. The van der Waals surface area contributed by atoms with Crippen LogP contribution in [0.1, 0.15) is 5.56 Å². The third-order valence-electron chi connectivity index (χ3n) is 1.91. The van der Waals surface area contributed by atoms with E-state index >= 15 is 0 Å². The Labute approximate surface area is 88.3 Å². The van der Waals surface area contributed by atoms with Gasteiger partial charge in [-0.3, -0.25) is 0 Å². The molecule has 0 atom stereocenters. The molecule has 1 heterocycles. The molecule has 0 saturated carbocycles. The number of hydrogen-bond acceptors (Lipinski definition) is 3. The SMILES string of the molecule is O=S(=O)(Cc1ccccc1)C1=NC=C[N]1. The van der Waals surface area contributed by atoms with Crippen molar-refractivity contribution in [1.29, 1.82) is 0 Å². The summed E-state index contributed by atoms with van der Waals surface area (Å²) < 4.78 is 23.5. The summed E-state index contributed by atoms with van der Waals surface area (Å²) in [6.45, 7) is 0. The Bertz CT molecular complexity index is 503. The summed E-state index contributed by atoms with van der Waals surface area (Å²) in [5.74, 6) is -0.0577. The number of hydrogen-bond donors (Lipinski definition) is 0. The lowest BCUT2D eigenvalue weighted by molar-refractivity contribution is 0.605. The Morgan fingerprint density at radius 1 is 1.07 bits per heavy atom. The summed E-state index contributed by atoms with van der Waals surface area (Å²) in [6.07, 6.45) is 2.75. The first-order valence-corrected chi connectivity index (χ1v) is 6.04. The maximum atomic E-state index is 11.7. The topological polar surface area (TPSA) is 60.6 Å². The van der Waals surface area contributed by atoms with Crippen molar-refractivity contribution in [2.24, 2.45) is 4.99 Å². The lowest BCUT2D eigenvalue weighted by Crippen LogP contribution is -2.21. The van der Waals surface area contributed by atoms with Crippen LogP contribution in [0.25, 0.3) is 0 Å². The molecule has 1 radical (unpaired) electrons. The second kappa shape index (κ2) is 3.86. The molecule has 0 spiro atoms. The number of aliphatic imine (C=N–C) groups is 1. The molecule has 77 valence electrons. The van der Waals surface area contributed by atoms with Crippen molar-refractivity contribution >= 4 is 15.0 Å².